The number of anilines is 1. The molecule has 0 aliphatic rings. The number of ether oxygens (including phenoxy) is 1. The summed E-state index contributed by atoms with van der Waals surface area (Å²) in [6, 6.07) is 0. The molecular formula is C9H9F3N2O3S. The number of carbonyl (C=O) groups excluding carboxylic acids is 2. The first-order chi connectivity index (χ1) is 8.27. The number of halogens is 3. The molecule has 5 nitrogen and oxygen atoms in total. The largest absolute Gasteiger partial charge is 0.472 e. The molecule has 0 unspecified atom stereocenters. The van der Waals surface area contributed by atoms with E-state index in [0.717, 1.165) is 18.4 Å². The first-order valence-electron chi connectivity index (χ1n) is 4.57. The van der Waals surface area contributed by atoms with E-state index in [1.165, 1.54) is 5.43 Å². The van der Waals surface area contributed by atoms with Crippen molar-refractivity contribution in [2.24, 2.45) is 0 Å². The van der Waals surface area contributed by atoms with Gasteiger partial charge in [-0.2, -0.15) is 13.2 Å². The summed E-state index contributed by atoms with van der Waals surface area (Å²) in [4.78, 5) is 22.0. The van der Waals surface area contributed by atoms with Crippen LogP contribution in [-0.2, 0) is 9.53 Å². The zero-order chi connectivity index (χ0) is 13.9. The molecule has 0 aliphatic heterocycles. The van der Waals surface area contributed by atoms with E-state index in [2.05, 4.69) is 10.2 Å². The molecule has 0 radical (unpaired) electrons. The first-order valence-corrected chi connectivity index (χ1v) is 5.45. The van der Waals surface area contributed by atoms with Crippen LogP contribution >= 0.6 is 11.3 Å². The lowest BCUT2D eigenvalue weighted by Gasteiger charge is -2.11. The molecule has 0 atom stereocenters. The quantitative estimate of drug-likeness (QED) is 0.656. The van der Waals surface area contributed by atoms with Crippen LogP contribution in [0.5, 0.6) is 0 Å². The van der Waals surface area contributed by atoms with Gasteiger partial charge in [-0.05, 0) is 17.9 Å². The lowest BCUT2D eigenvalue weighted by atomic mass is 10.3. The van der Waals surface area contributed by atoms with Gasteiger partial charge in [0.1, 0.15) is 4.88 Å². The second-order valence-corrected chi connectivity index (χ2v) is 4.07. The molecule has 1 rings (SSSR count). The molecule has 0 spiro atoms. The van der Waals surface area contributed by atoms with E-state index in [1.807, 2.05) is 0 Å². The lowest BCUT2D eigenvalue weighted by molar-refractivity contribution is -0.173. The van der Waals surface area contributed by atoms with Crippen molar-refractivity contribution in [1.29, 1.82) is 0 Å². The van der Waals surface area contributed by atoms with Gasteiger partial charge in [0.15, 0.2) is 0 Å². The van der Waals surface area contributed by atoms with Gasteiger partial charge in [-0.15, -0.1) is 11.3 Å². The predicted octanol–water partition coefficient (Wildman–Crippen LogP) is 1.85. The molecular weight excluding hydrogens is 273 g/mol. The number of hydrazine groups is 1. The van der Waals surface area contributed by atoms with Crippen molar-refractivity contribution < 1.29 is 27.5 Å². The van der Waals surface area contributed by atoms with E-state index in [4.69, 9.17) is 0 Å². The third-order valence-electron chi connectivity index (χ3n) is 1.90. The van der Waals surface area contributed by atoms with Crippen molar-refractivity contribution in [2.45, 2.75) is 13.1 Å². The highest BCUT2D eigenvalue weighted by Gasteiger charge is 2.38. The Kier molecular flexibility index (Phi) is 4.17. The fourth-order valence-electron chi connectivity index (χ4n) is 1.03. The maximum atomic E-state index is 12.0. The van der Waals surface area contributed by atoms with E-state index in [0.29, 0.717) is 5.56 Å². The van der Waals surface area contributed by atoms with Gasteiger partial charge in [-0.25, -0.2) is 4.79 Å². The maximum Gasteiger partial charge on any atom is 0.472 e. The highest BCUT2D eigenvalue weighted by molar-refractivity contribution is 7.12. The van der Waals surface area contributed by atoms with Crippen LogP contribution in [0.2, 0.25) is 0 Å². The van der Waals surface area contributed by atoms with Crippen molar-refractivity contribution in [1.82, 2.24) is 5.43 Å². The molecule has 0 aliphatic carbocycles. The molecule has 0 aromatic carbocycles. The van der Waals surface area contributed by atoms with Crippen LogP contribution in [0.1, 0.15) is 15.2 Å². The summed E-state index contributed by atoms with van der Waals surface area (Å²) < 4.78 is 40.3. The van der Waals surface area contributed by atoms with Crippen molar-refractivity contribution in [2.75, 3.05) is 12.5 Å². The Morgan fingerprint density at radius 1 is 1.39 bits per heavy atom. The fourth-order valence-corrected chi connectivity index (χ4v) is 1.95. The Labute approximate surface area is 104 Å². The summed E-state index contributed by atoms with van der Waals surface area (Å²) in [6.45, 7) is 1.57. The summed E-state index contributed by atoms with van der Waals surface area (Å²) >= 11 is 0.998. The molecule has 100 valence electrons. The molecule has 18 heavy (non-hydrogen) atoms. The lowest BCUT2D eigenvalue weighted by Crippen LogP contribution is -2.40. The van der Waals surface area contributed by atoms with E-state index in [1.54, 1.807) is 12.3 Å². The smallest absolute Gasteiger partial charge is 0.465 e. The van der Waals surface area contributed by atoms with Gasteiger partial charge in [0.2, 0.25) is 0 Å². The van der Waals surface area contributed by atoms with Crippen LogP contribution in [0, 0.1) is 6.92 Å². The fraction of sp³-hybridized carbons (Fsp3) is 0.333. The number of methoxy groups -OCH3 is 1. The minimum absolute atomic E-state index is 0.0810. The summed E-state index contributed by atoms with van der Waals surface area (Å²) in [7, 11) is 1.15. The number of hydrogen-bond donors (Lipinski definition) is 2. The maximum absolute atomic E-state index is 12.0. The highest BCUT2D eigenvalue weighted by Crippen LogP contribution is 2.27. The second kappa shape index (κ2) is 5.25. The average molecular weight is 282 g/mol. The van der Waals surface area contributed by atoms with Crippen LogP contribution in [-0.4, -0.2) is 25.2 Å². The first kappa shape index (κ1) is 14.3. The van der Waals surface area contributed by atoms with Gasteiger partial charge in [-0.1, -0.05) is 0 Å². The monoisotopic (exact) mass is 282 g/mol. The van der Waals surface area contributed by atoms with Gasteiger partial charge in [0, 0.05) is 0 Å². The molecule has 0 bridgehead atoms. The topological polar surface area (TPSA) is 67.4 Å². The van der Waals surface area contributed by atoms with Crippen molar-refractivity contribution in [3.05, 3.63) is 15.8 Å². The van der Waals surface area contributed by atoms with Gasteiger partial charge in [0.25, 0.3) is 0 Å². The molecule has 1 heterocycles. The standard InChI is InChI=1S/C9H9F3N2O3S/c1-4-3-18-6(7(15)17-2)5(4)13-14-8(16)9(10,11)12/h3,13H,1-2H3,(H,14,16). The van der Waals surface area contributed by atoms with Crippen LogP contribution in [0.15, 0.2) is 5.38 Å². The van der Waals surface area contributed by atoms with Crippen molar-refractivity contribution in [3.8, 4) is 0 Å². The average Bonchev–Trinajstić information content (AvgIpc) is 2.65. The van der Waals surface area contributed by atoms with E-state index >= 15 is 0 Å². The molecule has 0 fully saturated rings. The third kappa shape index (κ3) is 3.13. The van der Waals surface area contributed by atoms with Gasteiger partial charge >= 0.3 is 18.1 Å². The van der Waals surface area contributed by atoms with Gasteiger partial charge in [-0.3, -0.25) is 15.6 Å². The molecule has 0 saturated carbocycles. The van der Waals surface area contributed by atoms with E-state index in [-0.39, 0.29) is 10.6 Å². The molecule has 9 heteroatoms. The summed E-state index contributed by atoms with van der Waals surface area (Å²) in [5, 5.41) is 1.55. The Balaban J connectivity index is 2.82. The summed E-state index contributed by atoms with van der Waals surface area (Å²) in [5.41, 5.74) is 4.15. The van der Waals surface area contributed by atoms with Gasteiger partial charge < -0.3 is 4.74 Å². The van der Waals surface area contributed by atoms with Crippen LogP contribution in [0.4, 0.5) is 18.9 Å². The van der Waals surface area contributed by atoms with Crippen LogP contribution in [0.3, 0.4) is 0 Å². The number of alkyl halides is 3. The number of hydrogen-bond acceptors (Lipinski definition) is 5. The minimum atomic E-state index is -5.00. The second-order valence-electron chi connectivity index (χ2n) is 3.19. The zero-order valence-electron chi connectivity index (χ0n) is 9.34. The SMILES string of the molecule is COC(=O)c1scc(C)c1NNC(=O)C(F)(F)F. The number of thiophene rings is 1. The predicted molar refractivity (Wildman–Crippen MR) is 58.2 cm³/mol. The van der Waals surface area contributed by atoms with E-state index < -0.39 is 18.1 Å². The number of esters is 1. The van der Waals surface area contributed by atoms with Crippen molar-refractivity contribution >= 4 is 28.9 Å². The molecule has 1 amide bonds. The Morgan fingerprint density at radius 2 is 2.00 bits per heavy atom. The highest BCUT2D eigenvalue weighted by atomic mass is 32.1. The molecule has 1 aromatic rings. The Morgan fingerprint density at radius 3 is 2.50 bits per heavy atom. The summed E-state index contributed by atoms with van der Waals surface area (Å²) in [5.74, 6) is -2.85. The van der Waals surface area contributed by atoms with Crippen molar-refractivity contribution in [3.63, 3.8) is 0 Å². The number of amides is 1. The summed E-state index contributed by atoms with van der Waals surface area (Å²) in [6.07, 6.45) is -5.00. The zero-order valence-corrected chi connectivity index (χ0v) is 10.2. The Hall–Kier alpha value is -1.77. The Bertz CT molecular complexity index is 470. The molecule has 2 N–H and O–H groups in total. The van der Waals surface area contributed by atoms with Crippen LogP contribution < -0.4 is 10.9 Å². The number of nitrogens with one attached hydrogen (secondary N) is 2. The van der Waals surface area contributed by atoms with Gasteiger partial charge in [0.05, 0.1) is 12.8 Å². The van der Waals surface area contributed by atoms with E-state index in [9.17, 15) is 22.8 Å². The third-order valence-corrected chi connectivity index (χ3v) is 2.98. The van der Waals surface area contributed by atoms with Crippen LogP contribution in [0.25, 0.3) is 0 Å². The molecule has 0 saturated heterocycles. The normalized spacial score (nSPS) is 10.9. The number of rotatable bonds is 3. The minimum Gasteiger partial charge on any atom is -0.465 e. The molecule has 1 aromatic heterocycles. The number of aryl methyl sites for hydroxylation is 1. The number of carbonyl (C=O) groups is 2.